The largest absolute Gasteiger partial charge is 0.347 e. The van der Waals surface area contributed by atoms with Crippen molar-refractivity contribution in [3.63, 3.8) is 0 Å². The van der Waals surface area contributed by atoms with Crippen LogP contribution in [0.3, 0.4) is 0 Å². The summed E-state index contributed by atoms with van der Waals surface area (Å²) in [6.45, 7) is 7.76. The Balaban J connectivity index is 1.79. The second-order valence-electron chi connectivity index (χ2n) is 8.06. The summed E-state index contributed by atoms with van der Waals surface area (Å²) in [5.74, 6) is 0. The van der Waals surface area contributed by atoms with Gasteiger partial charge in [0, 0.05) is 12.6 Å². The van der Waals surface area contributed by atoms with Crippen molar-refractivity contribution in [3.8, 4) is 0 Å². The predicted octanol–water partition coefficient (Wildman–Crippen LogP) is 5.64. The maximum absolute atomic E-state index is 2.50. The Bertz CT molecular complexity index is 1000. The molecule has 0 aromatic heterocycles. The van der Waals surface area contributed by atoms with E-state index < -0.39 is 0 Å². The van der Waals surface area contributed by atoms with E-state index in [2.05, 4.69) is 97.1 Å². The van der Waals surface area contributed by atoms with Crippen molar-refractivity contribution in [3.05, 3.63) is 54.6 Å². The topological polar surface area (TPSA) is 9.72 Å². The van der Waals surface area contributed by atoms with Gasteiger partial charge in [0.2, 0.25) is 0 Å². The van der Waals surface area contributed by atoms with Crippen LogP contribution in [0.5, 0.6) is 0 Å². The molecule has 0 aliphatic carbocycles. The van der Waals surface area contributed by atoms with Gasteiger partial charge in [0.25, 0.3) is 0 Å². The van der Waals surface area contributed by atoms with Crippen LogP contribution in [0.4, 0.5) is 28.4 Å². The average molecular weight is 329 g/mol. The summed E-state index contributed by atoms with van der Waals surface area (Å²) in [7, 11) is 2.18. The molecule has 0 N–H and O–H groups in total. The molecule has 3 aromatic rings. The summed E-state index contributed by atoms with van der Waals surface area (Å²) in [5, 5.41) is 2.59. The van der Waals surface area contributed by atoms with Gasteiger partial charge in [-0.25, -0.2) is 0 Å². The molecule has 2 heterocycles. The summed E-state index contributed by atoms with van der Waals surface area (Å²) in [6, 6.07) is 20.0. The molecule has 3 aromatic carbocycles. The predicted molar refractivity (Wildman–Crippen MR) is 108 cm³/mol. The lowest BCUT2D eigenvalue weighted by atomic mass is 10.0. The molecule has 0 atom stereocenters. The van der Waals surface area contributed by atoms with E-state index in [4.69, 9.17) is 0 Å². The zero-order valence-corrected chi connectivity index (χ0v) is 15.2. The lowest BCUT2D eigenvalue weighted by molar-refractivity contribution is 0.518. The van der Waals surface area contributed by atoms with Crippen LogP contribution in [0.1, 0.15) is 20.8 Å². The Hall–Kier alpha value is -2.68. The Morgan fingerprint density at radius 1 is 0.760 bits per heavy atom. The molecule has 0 spiro atoms. The number of benzene rings is 3. The van der Waals surface area contributed by atoms with Gasteiger partial charge in [0.1, 0.15) is 0 Å². The summed E-state index contributed by atoms with van der Waals surface area (Å²) in [5.41, 5.74) is 6.61. The van der Waals surface area contributed by atoms with Gasteiger partial charge in [-0.2, -0.15) is 0 Å². The first-order valence-electron chi connectivity index (χ1n) is 8.90. The van der Waals surface area contributed by atoms with Gasteiger partial charge in [-0.05, 0) is 55.8 Å². The second-order valence-corrected chi connectivity index (χ2v) is 8.06. The first-order chi connectivity index (χ1) is 11.9. The molecule has 0 fully saturated rings. The minimum Gasteiger partial charge on any atom is -0.347 e. The van der Waals surface area contributed by atoms with Crippen molar-refractivity contribution in [1.29, 1.82) is 0 Å². The van der Waals surface area contributed by atoms with Gasteiger partial charge in [0.05, 0.1) is 35.1 Å². The SMILES string of the molecule is CN1c2cc3ccccc3cc2N2CN(C(C)(C)C)c3cccc1c32. The van der Waals surface area contributed by atoms with Gasteiger partial charge in [0.15, 0.2) is 0 Å². The third-order valence-electron chi connectivity index (χ3n) is 5.50. The van der Waals surface area contributed by atoms with Crippen LogP contribution in [0.2, 0.25) is 0 Å². The molecule has 25 heavy (non-hydrogen) atoms. The fourth-order valence-corrected chi connectivity index (χ4v) is 4.17. The third-order valence-corrected chi connectivity index (χ3v) is 5.50. The summed E-state index contributed by atoms with van der Waals surface area (Å²) in [6.07, 6.45) is 0. The minimum atomic E-state index is 0.0854. The number of hydrogen-bond donors (Lipinski definition) is 0. The summed E-state index contributed by atoms with van der Waals surface area (Å²) < 4.78 is 0. The normalized spacial score (nSPS) is 15.6. The molecule has 0 bridgehead atoms. The lowest BCUT2D eigenvalue weighted by Gasteiger charge is -2.36. The van der Waals surface area contributed by atoms with Crippen LogP contribution in [0.25, 0.3) is 10.8 Å². The van der Waals surface area contributed by atoms with Gasteiger partial charge >= 0.3 is 0 Å². The molecule has 3 heteroatoms. The van der Waals surface area contributed by atoms with Crippen LogP contribution in [0.15, 0.2) is 54.6 Å². The van der Waals surface area contributed by atoms with Crippen LogP contribution >= 0.6 is 0 Å². The van der Waals surface area contributed by atoms with E-state index in [1.165, 1.54) is 39.2 Å². The molecule has 0 saturated heterocycles. The van der Waals surface area contributed by atoms with E-state index in [1.54, 1.807) is 0 Å². The summed E-state index contributed by atoms with van der Waals surface area (Å²) >= 11 is 0. The van der Waals surface area contributed by atoms with Crippen molar-refractivity contribution in [2.24, 2.45) is 0 Å². The Morgan fingerprint density at radius 2 is 1.40 bits per heavy atom. The highest BCUT2D eigenvalue weighted by molar-refractivity contribution is 6.05. The van der Waals surface area contributed by atoms with E-state index in [1.807, 2.05) is 0 Å². The van der Waals surface area contributed by atoms with Crippen molar-refractivity contribution in [2.45, 2.75) is 26.3 Å². The molecular formula is C22H23N3. The van der Waals surface area contributed by atoms with E-state index in [9.17, 15) is 0 Å². The molecule has 0 amide bonds. The standard InChI is InChI=1S/C22H23N3/c1-22(2,3)25-14-24-20-13-16-9-6-5-8-15(16)12-19(20)23(4)17-10-7-11-18(25)21(17)24/h5-13H,14H2,1-4H3. The van der Waals surface area contributed by atoms with Crippen LogP contribution in [0, 0.1) is 0 Å². The molecule has 2 aliphatic heterocycles. The smallest absolute Gasteiger partial charge is 0.0959 e. The zero-order chi connectivity index (χ0) is 17.3. The van der Waals surface area contributed by atoms with Crippen LogP contribution in [-0.4, -0.2) is 19.3 Å². The highest BCUT2D eigenvalue weighted by Crippen LogP contribution is 2.56. The van der Waals surface area contributed by atoms with Crippen molar-refractivity contribution in [1.82, 2.24) is 0 Å². The van der Waals surface area contributed by atoms with Gasteiger partial charge in [-0.3, -0.25) is 0 Å². The maximum Gasteiger partial charge on any atom is 0.0959 e. The Kier molecular flexibility index (Phi) is 2.75. The number of fused-ring (bicyclic) bond motifs is 3. The first kappa shape index (κ1) is 14.6. The van der Waals surface area contributed by atoms with Crippen molar-refractivity contribution in [2.75, 3.05) is 28.4 Å². The first-order valence-corrected chi connectivity index (χ1v) is 8.90. The Morgan fingerprint density at radius 3 is 2.08 bits per heavy atom. The molecular weight excluding hydrogens is 306 g/mol. The van der Waals surface area contributed by atoms with Gasteiger partial charge in [-0.1, -0.05) is 30.3 Å². The number of anilines is 5. The fourth-order valence-electron chi connectivity index (χ4n) is 4.17. The third kappa shape index (κ3) is 1.92. The zero-order valence-electron chi connectivity index (χ0n) is 15.2. The van der Waals surface area contributed by atoms with Crippen LogP contribution < -0.4 is 14.7 Å². The van der Waals surface area contributed by atoms with E-state index in [0.717, 1.165) is 6.67 Å². The highest BCUT2D eigenvalue weighted by Gasteiger charge is 2.39. The van der Waals surface area contributed by atoms with Gasteiger partial charge in [-0.15, -0.1) is 0 Å². The Labute approximate surface area is 149 Å². The van der Waals surface area contributed by atoms with Gasteiger partial charge < -0.3 is 14.7 Å². The molecule has 3 nitrogen and oxygen atoms in total. The lowest BCUT2D eigenvalue weighted by Crippen LogP contribution is -2.43. The van der Waals surface area contributed by atoms with Crippen molar-refractivity contribution < 1.29 is 0 Å². The summed E-state index contributed by atoms with van der Waals surface area (Å²) in [4.78, 5) is 7.32. The number of rotatable bonds is 0. The maximum atomic E-state index is 2.50. The molecule has 126 valence electrons. The number of para-hydroxylation sites is 1. The molecule has 0 unspecified atom stereocenters. The van der Waals surface area contributed by atoms with E-state index in [0.29, 0.717) is 0 Å². The molecule has 0 radical (unpaired) electrons. The quantitative estimate of drug-likeness (QED) is 0.529. The highest BCUT2D eigenvalue weighted by atomic mass is 15.4. The molecule has 0 saturated carbocycles. The number of hydrogen-bond acceptors (Lipinski definition) is 3. The monoisotopic (exact) mass is 329 g/mol. The van der Waals surface area contributed by atoms with E-state index >= 15 is 0 Å². The van der Waals surface area contributed by atoms with Crippen molar-refractivity contribution >= 4 is 39.2 Å². The average Bonchev–Trinajstić information content (AvgIpc) is 2.99. The molecule has 5 rings (SSSR count). The molecule has 2 aliphatic rings. The van der Waals surface area contributed by atoms with E-state index in [-0.39, 0.29) is 5.54 Å². The number of nitrogens with zero attached hydrogens (tertiary/aromatic N) is 3. The second kappa shape index (κ2) is 4.69. The minimum absolute atomic E-state index is 0.0854. The van der Waals surface area contributed by atoms with Crippen LogP contribution in [-0.2, 0) is 0 Å². The fraction of sp³-hybridized carbons (Fsp3) is 0.273.